The summed E-state index contributed by atoms with van der Waals surface area (Å²) in [6, 6.07) is 0.290. The number of nitrogens with zero attached hydrogens (tertiary/aromatic N) is 3. The molecular formula is C16H24N4O3. The molecule has 7 nitrogen and oxygen atoms in total. The van der Waals surface area contributed by atoms with Crippen LogP contribution in [0.1, 0.15) is 55.4 Å². The number of hydrogen-bond acceptors (Lipinski definition) is 4. The first-order valence-corrected chi connectivity index (χ1v) is 8.08. The lowest BCUT2D eigenvalue weighted by atomic mass is 10.1. The number of amides is 2. The predicted octanol–water partition coefficient (Wildman–Crippen LogP) is 1.61. The van der Waals surface area contributed by atoms with Gasteiger partial charge in [-0.3, -0.25) is 9.48 Å². The van der Waals surface area contributed by atoms with Crippen molar-refractivity contribution in [3.63, 3.8) is 0 Å². The van der Waals surface area contributed by atoms with E-state index in [1.807, 2.05) is 20.8 Å². The minimum Gasteiger partial charge on any atom is -0.444 e. The second-order valence-electron chi connectivity index (χ2n) is 7.30. The van der Waals surface area contributed by atoms with Crippen molar-refractivity contribution < 1.29 is 14.3 Å². The van der Waals surface area contributed by atoms with Crippen molar-refractivity contribution in [1.29, 1.82) is 0 Å². The molecule has 0 unspecified atom stereocenters. The van der Waals surface area contributed by atoms with Crippen LogP contribution < -0.4 is 5.32 Å². The summed E-state index contributed by atoms with van der Waals surface area (Å²) in [6.07, 6.45) is 2.37. The molecule has 1 aromatic rings. The third-order valence-electron chi connectivity index (χ3n) is 3.98. The van der Waals surface area contributed by atoms with Crippen LogP contribution in [0.3, 0.4) is 0 Å². The fourth-order valence-corrected chi connectivity index (χ4v) is 2.75. The number of nitrogens with one attached hydrogen (secondary N) is 1. The lowest BCUT2D eigenvalue weighted by Gasteiger charge is -2.29. The van der Waals surface area contributed by atoms with E-state index in [0.29, 0.717) is 31.2 Å². The second-order valence-corrected chi connectivity index (χ2v) is 7.30. The second kappa shape index (κ2) is 5.54. The monoisotopic (exact) mass is 320 g/mol. The van der Waals surface area contributed by atoms with Crippen molar-refractivity contribution in [3.05, 3.63) is 17.0 Å². The van der Waals surface area contributed by atoms with Gasteiger partial charge in [0.2, 0.25) is 0 Å². The summed E-state index contributed by atoms with van der Waals surface area (Å²) >= 11 is 0. The van der Waals surface area contributed by atoms with E-state index in [2.05, 4.69) is 10.4 Å². The van der Waals surface area contributed by atoms with Gasteiger partial charge in [0, 0.05) is 31.6 Å². The van der Waals surface area contributed by atoms with Crippen molar-refractivity contribution in [2.45, 2.75) is 58.2 Å². The Kier molecular flexibility index (Phi) is 3.82. The van der Waals surface area contributed by atoms with E-state index in [4.69, 9.17) is 4.74 Å². The standard InChI is InChI=1S/C16H24N4O3/c1-16(2,3)23-15(22)20-8-7-12-11(9-20)13(19(4)18-12)14(21)17-10-5-6-10/h10H,5-9H2,1-4H3,(H,17,21). The quantitative estimate of drug-likeness (QED) is 0.898. The molecule has 7 heteroatoms. The summed E-state index contributed by atoms with van der Waals surface area (Å²) in [5.41, 5.74) is 1.76. The van der Waals surface area contributed by atoms with E-state index in [0.717, 1.165) is 24.1 Å². The van der Waals surface area contributed by atoms with Crippen LogP contribution in [0.15, 0.2) is 0 Å². The fraction of sp³-hybridized carbons (Fsp3) is 0.688. The van der Waals surface area contributed by atoms with Crippen LogP contribution in [-0.4, -0.2) is 44.9 Å². The summed E-state index contributed by atoms with van der Waals surface area (Å²) in [6.45, 7) is 6.46. The highest BCUT2D eigenvalue weighted by Crippen LogP contribution is 2.25. The number of carbonyl (C=O) groups is 2. The maximum absolute atomic E-state index is 12.4. The molecule has 0 spiro atoms. The summed E-state index contributed by atoms with van der Waals surface area (Å²) < 4.78 is 7.06. The molecule has 0 bridgehead atoms. The van der Waals surface area contributed by atoms with Crippen LogP contribution in [0.2, 0.25) is 0 Å². The molecule has 0 atom stereocenters. The van der Waals surface area contributed by atoms with E-state index in [9.17, 15) is 9.59 Å². The molecule has 126 valence electrons. The molecule has 3 rings (SSSR count). The van der Waals surface area contributed by atoms with Crippen molar-refractivity contribution in [3.8, 4) is 0 Å². The maximum atomic E-state index is 12.4. The Hall–Kier alpha value is -2.05. The third-order valence-corrected chi connectivity index (χ3v) is 3.98. The molecule has 2 amide bonds. The first-order valence-electron chi connectivity index (χ1n) is 8.08. The zero-order valence-corrected chi connectivity index (χ0v) is 14.2. The molecular weight excluding hydrogens is 296 g/mol. The van der Waals surface area contributed by atoms with E-state index < -0.39 is 5.60 Å². The van der Waals surface area contributed by atoms with Gasteiger partial charge in [0.05, 0.1) is 12.2 Å². The largest absolute Gasteiger partial charge is 0.444 e. The molecule has 0 saturated heterocycles. The van der Waals surface area contributed by atoms with Crippen molar-refractivity contribution >= 4 is 12.0 Å². The van der Waals surface area contributed by atoms with Gasteiger partial charge in [-0.25, -0.2) is 4.79 Å². The SMILES string of the molecule is Cn1nc2c(c1C(=O)NC1CC1)CN(C(=O)OC(C)(C)C)CC2. The smallest absolute Gasteiger partial charge is 0.410 e. The van der Waals surface area contributed by atoms with Crippen LogP contribution in [0, 0.1) is 0 Å². The molecule has 2 heterocycles. The number of aromatic nitrogens is 2. The first kappa shape index (κ1) is 15.8. The molecule has 0 aromatic carbocycles. The number of aryl methyl sites for hydroxylation is 1. The Bertz CT molecular complexity index is 640. The third kappa shape index (κ3) is 3.48. The number of rotatable bonds is 2. The lowest BCUT2D eigenvalue weighted by molar-refractivity contribution is 0.0222. The maximum Gasteiger partial charge on any atom is 0.410 e. The van der Waals surface area contributed by atoms with E-state index in [1.54, 1.807) is 16.6 Å². The zero-order chi connectivity index (χ0) is 16.8. The Labute approximate surface area is 136 Å². The summed E-state index contributed by atoms with van der Waals surface area (Å²) in [4.78, 5) is 26.4. The number of carbonyl (C=O) groups excluding carboxylic acids is 2. The molecule has 1 fully saturated rings. The molecule has 1 aliphatic heterocycles. The van der Waals surface area contributed by atoms with Gasteiger partial charge in [-0.15, -0.1) is 0 Å². The van der Waals surface area contributed by atoms with Crippen molar-refractivity contribution in [1.82, 2.24) is 20.0 Å². The van der Waals surface area contributed by atoms with Gasteiger partial charge in [0.25, 0.3) is 5.91 Å². The zero-order valence-electron chi connectivity index (χ0n) is 14.2. The van der Waals surface area contributed by atoms with Gasteiger partial charge >= 0.3 is 6.09 Å². The highest BCUT2D eigenvalue weighted by molar-refractivity contribution is 5.94. The van der Waals surface area contributed by atoms with Crippen LogP contribution in [0.25, 0.3) is 0 Å². The van der Waals surface area contributed by atoms with Crippen molar-refractivity contribution in [2.24, 2.45) is 7.05 Å². The summed E-state index contributed by atoms with van der Waals surface area (Å²) in [5, 5.41) is 7.44. The molecule has 1 saturated carbocycles. The number of hydrogen-bond donors (Lipinski definition) is 1. The Morgan fingerprint density at radius 2 is 2.00 bits per heavy atom. The van der Waals surface area contributed by atoms with Crippen molar-refractivity contribution in [2.75, 3.05) is 6.54 Å². The summed E-state index contributed by atoms with van der Waals surface area (Å²) in [5.74, 6) is -0.102. The normalized spacial score (nSPS) is 17.7. The van der Waals surface area contributed by atoms with Gasteiger partial charge in [0.15, 0.2) is 0 Å². The van der Waals surface area contributed by atoms with Gasteiger partial charge in [-0.2, -0.15) is 5.10 Å². The first-order chi connectivity index (χ1) is 10.7. The fourth-order valence-electron chi connectivity index (χ4n) is 2.75. The van der Waals surface area contributed by atoms with E-state index in [1.165, 1.54) is 0 Å². The van der Waals surface area contributed by atoms with E-state index >= 15 is 0 Å². The minimum atomic E-state index is -0.529. The Morgan fingerprint density at radius 3 is 2.61 bits per heavy atom. The lowest BCUT2D eigenvalue weighted by Crippen LogP contribution is -2.40. The minimum absolute atomic E-state index is 0.102. The topological polar surface area (TPSA) is 76.5 Å². The van der Waals surface area contributed by atoms with Crippen LogP contribution in [0.5, 0.6) is 0 Å². The molecule has 1 N–H and O–H groups in total. The highest BCUT2D eigenvalue weighted by atomic mass is 16.6. The van der Waals surface area contributed by atoms with Crippen LogP contribution >= 0.6 is 0 Å². The van der Waals surface area contributed by atoms with Gasteiger partial charge in [-0.05, 0) is 33.6 Å². The number of ether oxygens (including phenoxy) is 1. The average molecular weight is 320 g/mol. The molecule has 2 aliphatic rings. The molecule has 23 heavy (non-hydrogen) atoms. The van der Waals surface area contributed by atoms with Gasteiger partial charge < -0.3 is 15.0 Å². The Balaban J connectivity index is 1.78. The van der Waals surface area contributed by atoms with Crippen LogP contribution in [0.4, 0.5) is 4.79 Å². The molecule has 1 aliphatic carbocycles. The van der Waals surface area contributed by atoms with Gasteiger partial charge in [0.1, 0.15) is 11.3 Å². The Morgan fingerprint density at radius 1 is 1.30 bits per heavy atom. The molecule has 0 radical (unpaired) electrons. The highest BCUT2D eigenvalue weighted by Gasteiger charge is 2.33. The molecule has 1 aromatic heterocycles. The van der Waals surface area contributed by atoms with Crippen LogP contribution in [-0.2, 0) is 24.8 Å². The van der Waals surface area contributed by atoms with Gasteiger partial charge in [-0.1, -0.05) is 0 Å². The predicted molar refractivity (Wildman–Crippen MR) is 84.0 cm³/mol. The number of fused-ring (bicyclic) bond motifs is 1. The van der Waals surface area contributed by atoms with E-state index in [-0.39, 0.29) is 12.0 Å². The average Bonchev–Trinajstić information content (AvgIpc) is 3.16. The summed E-state index contributed by atoms with van der Waals surface area (Å²) in [7, 11) is 1.78.